The lowest BCUT2D eigenvalue weighted by Crippen LogP contribution is -2.54. The zero-order valence-corrected chi connectivity index (χ0v) is 17.4. The first kappa shape index (κ1) is 29.2. The van der Waals surface area contributed by atoms with Crippen LogP contribution in [0.2, 0.25) is 0 Å². The summed E-state index contributed by atoms with van der Waals surface area (Å²) in [5.41, 5.74) is 5.08. The summed E-state index contributed by atoms with van der Waals surface area (Å²) in [6, 6.07) is -2.79. The molecule has 0 aromatic heterocycles. The van der Waals surface area contributed by atoms with Crippen molar-refractivity contribution in [3.63, 3.8) is 0 Å². The predicted octanol–water partition coefficient (Wildman–Crippen LogP) is -7.55. The van der Waals surface area contributed by atoms with Crippen molar-refractivity contribution in [2.24, 2.45) is 5.73 Å². The van der Waals surface area contributed by atoms with Gasteiger partial charge in [0.05, 0.1) is 39.4 Å². The van der Waals surface area contributed by atoms with Crippen molar-refractivity contribution < 1.29 is 48.9 Å². The van der Waals surface area contributed by atoms with Crippen molar-refractivity contribution in [3.8, 4) is 0 Å². The minimum Gasteiger partial charge on any atom is -0.480 e. The number of nitrogens with one attached hydrogen (secondary N) is 6. The predicted molar refractivity (Wildman–Crippen MR) is 107 cm³/mol. The molecule has 17 nitrogen and oxygen atoms in total. The lowest BCUT2D eigenvalue weighted by molar-refractivity contribution is -0.138. The van der Waals surface area contributed by atoms with E-state index < -0.39 is 99.4 Å². The molecule has 0 aliphatic carbocycles. The van der Waals surface area contributed by atoms with Crippen LogP contribution in [0.3, 0.4) is 0 Å². The van der Waals surface area contributed by atoms with Gasteiger partial charge in [0.1, 0.15) is 18.6 Å². The number of aliphatic hydroxyl groups is 2. The molecule has 0 radical (unpaired) electrons. The summed E-state index contributed by atoms with van der Waals surface area (Å²) in [6.45, 7) is -4.48. The fourth-order valence-electron chi connectivity index (χ4n) is 1.95. The summed E-state index contributed by atoms with van der Waals surface area (Å²) in [5, 5.41) is 39.3. The van der Waals surface area contributed by atoms with Gasteiger partial charge in [-0.3, -0.25) is 33.6 Å². The van der Waals surface area contributed by atoms with Crippen LogP contribution in [0.5, 0.6) is 0 Å². The zero-order valence-electron chi connectivity index (χ0n) is 17.4. The van der Waals surface area contributed by atoms with Gasteiger partial charge in [-0.25, -0.2) is 0 Å². The van der Waals surface area contributed by atoms with Crippen LogP contribution in [-0.4, -0.2) is 115 Å². The number of carboxylic acids is 1. The van der Waals surface area contributed by atoms with Crippen molar-refractivity contribution >= 4 is 41.4 Å². The summed E-state index contributed by atoms with van der Waals surface area (Å²) in [5.74, 6) is -6.32. The van der Waals surface area contributed by atoms with Crippen molar-refractivity contribution in [3.05, 3.63) is 0 Å². The number of carbonyl (C=O) groups is 7. The fourth-order valence-corrected chi connectivity index (χ4v) is 1.95. The lowest BCUT2D eigenvalue weighted by atomic mass is 10.2. The van der Waals surface area contributed by atoms with Gasteiger partial charge in [-0.05, 0) is 0 Å². The van der Waals surface area contributed by atoms with Crippen LogP contribution in [0.15, 0.2) is 0 Å². The average molecular weight is 477 g/mol. The minimum atomic E-state index is -1.46. The molecule has 6 amide bonds. The summed E-state index contributed by atoms with van der Waals surface area (Å²) < 4.78 is 0. The number of hydrogen-bond donors (Lipinski definition) is 10. The first-order valence-electron chi connectivity index (χ1n) is 9.35. The van der Waals surface area contributed by atoms with Gasteiger partial charge in [0.2, 0.25) is 35.4 Å². The molecule has 0 aliphatic rings. The molecule has 11 N–H and O–H groups in total. The van der Waals surface area contributed by atoms with Crippen LogP contribution < -0.4 is 37.6 Å². The van der Waals surface area contributed by atoms with Crippen LogP contribution in [-0.2, 0) is 33.6 Å². The Balaban J connectivity index is 4.36. The van der Waals surface area contributed by atoms with E-state index in [4.69, 9.17) is 15.9 Å². The molecule has 186 valence electrons. The second-order valence-electron chi connectivity index (χ2n) is 6.19. The van der Waals surface area contributed by atoms with Crippen LogP contribution in [0.25, 0.3) is 0 Å². The highest BCUT2D eigenvalue weighted by molar-refractivity contribution is 5.94. The van der Waals surface area contributed by atoms with E-state index in [9.17, 15) is 38.7 Å². The molecule has 0 rings (SSSR count). The number of carbonyl (C=O) groups excluding carboxylic acids is 6. The standard InChI is InChI=1S/C16H27N7O10/c17-1-10(26)22-8(6-24)15(32)20-2-11(27)18-4-13(29)23-9(7-25)16(33)21-3-12(28)19-5-14(30)31/h8-9,24-25H,1-7,17H2,(H,18,27)(H,19,28)(H,20,32)(H,21,33)(H,22,26)(H,23,29)(H,30,31)/t8-,9-/m0/s1. The van der Waals surface area contributed by atoms with E-state index >= 15 is 0 Å². The molecule has 0 aromatic carbocycles. The van der Waals surface area contributed by atoms with Crippen LogP contribution >= 0.6 is 0 Å². The monoisotopic (exact) mass is 477 g/mol. The summed E-state index contributed by atoms with van der Waals surface area (Å²) in [7, 11) is 0. The number of carboxylic acid groups (broad SMARTS) is 1. The Morgan fingerprint density at radius 2 is 1.00 bits per heavy atom. The molecule has 0 bridgehead atoms. The molecule has 17 heteroatoms. The Morgan fingerprint density at radius 3 is 1.39 bits per heavy atom. The van der Waals surface area contributed by atoms with E-state index in [1.807, 2.05) is 5.32 Å². The second-order valence-corrected chi connectivity index (χ2v) is 6.19. The topological polar surface area (TPSA) is 278 Å². The summed E-state index contributed by atoms with van der Waals surface area (Å²) in [6.07, 6.45) is 0. The van der Waals surface area contributed by atoms with Gasteiger partial charge in [-0.15, -0.1) is 0 Å². The zero-order chi connectivity index (χ0) is 25.4. The number of aliphatic carboxylic acids is 1. The molecular formula is C16H27N7O10. The lowest BCUT2D eigenvalue weighted by Gasteiger charge is -2.17. The number of amides is 6. The average Bonchev–Trinajstić information content (AvgIpc) is 2.79. The van der Waals surface area contributed by atoms with Crippen molar-refractivity contribution in [1.29, 1.82) is 0 Å². The third kappa shape index (κ3) is 13.2. The highest BCUT2D eigenvalue weighted by Crippen LogP contribution is 1.85. The van der Waals surface area contributed by atoms with Gasteiger partial charge in [0.25, 0.3) is 0 Å². The molecule has 0 aromatic rings. The molecule has 0 spiro atoms. The van der Waals surface area contributed by atoms with E-state index in [-0.39, 0.29) is 0 Å². The summed E-state index contributed by atoms with van der Waals surface area (Å²) >= 11 is 0. The molecular weight excluding hydrogens is 450 g/mol. The molecule has 0 saturated heterocycles. The first-order chi connectivity index (χ1) is 15.5. The number of nitrogens with two attached hydrogens (primary N) is 1. The molecule has 0 saturated carbocycles. The van der Waals surface area contributed by atoms with Gasteiger partial charge >= 0.3 is 5.97 Å². The van der Waals surface area contributed by atoms with Crippen molar-refractivity contribution in [2.45, 2.75) is 12.1 Å². The van der Waals surface area contributed by atoms with E-state index in [0.717, 1.165) is 0 Å². The van der Waals surface area contributed by atoms with Gasteiger partial charge in [0, 0.05) is 0 Å². The molecule has 0 fully saturated rings. The minimum absolute atomic E-state index is 0.413. The second kappa shape index (κ2) is 15.9. The van der Waals surface area contributed by atoms with Crippen LogP contribution in [0.4, 0.5) is 0 Å². The number of hydrogen-bond acceptors (Lipinski definition) is 10. The van der Waals surface area contributed by atoms with Crippen molar-refractivity contribution in [1.82, 2.24) is 31.9 Å². The Hall–Kier alpha value is -3.83. The van der Waals surface area contributed by atoms with E-state index in [2.05, 4.69) is 26.6 Å². The maximum Gasteiger partial charge on any atom is 0.322 e. The normalized spacial score (nSPS) is 11.8. The number of rotatable bonds is 15. The van der Waals surface area contributed by atoms with E-state index in [0.29, 0.717) is 0 Å². The third-order valence-corrected chi connectivity index (χ3v) is 3.58. The van der Waals surface area contributed by atoms with E-state index in [1.54, 1.807) is 0 Å². The van der Waals surface area contributed by atoms with Gasteiger partial charge in [-0.2, -0.15) is 0 Å². The number of aliphatic hydroxyl groups excluding tert-OH is 2. The van der Waals surface area contributed by atoms with Gasteiger partial charge in [0.15, 0.2) is 0 Å². The molecule has 0 heterocycles. The fraction of sp³-hybridized carbons (Fsp3) is 0.562. The highest BCUT2D eigenvalue weighted by Gasteiger charge is 2.22. The summed E-state index contributed by atoms with van der Waals surface area (Å²) in [4.78, 5) is 80.1. The Kier molecular flexibility index (Phi) is 14.1. The Labute approximate surface area is 186 Å². The molecule has 0 unspecified atom stereocenters. The smallest absolute Gasteiger partial charge is 0.322 e. The Bertz CT molecular complexity index is 745. The largest absolute Gasteiger partial charge is 0.480 e. The SMILES string of the molecule is NCC(=O)N[C@@H](CO)C(=O)NCC(=O)NCC(=O)N[C@@H](CO)C(=O)NCC(=O)NCC(=O)O. The maximum absolute atomic E-state index is 11.9. The van der Waals surface area contributed by atoms with Crippen molar-refractivity contribution in [2.75, 3.05) is 45.9 Å². The molecule has 2 atom stereocenters. The van der Waals surface area contributed by atoms with Gasteiger partial charge in [-0.1, -0.05) is 0 Å². The quantitative estimate of drug-likeness (QED) is 0.106. The van der Waals surface area contributed by atoms with Crippen LogP contribution in [0, 0.1) is 0 Å². The van der Waals surface area contributed by atoms with Crippen LogP contribution in [0.1, 0.15) is 0 Å². The third-order valence-electron chi connectivity index (χ3n) is 3.58. The molecule has 0 aliphatic heterocycles. The highest BCUT2D eigenvalue weighted by atomic mass is 16.4. The maximum atomic E-state index is 11.9. The molecule has 33 heavy (non-hydrogen) atoms. The Morgan fingerprint density at radius 1 is 0.606 bits per heavy atom. The first-order valence-corrected chi connectivity index (χ1v) is 9.35. The van der Waals surface area contributed by atoms with E-state index in [1.165, 1.54) is 0 Å². The van der Waals surface area contributed by atoms with Gasteiger partial charge < -0.3 is 53.0 Å².